The Morgan fingerprint density at radius 1 is 1.39 bits per heavy atom. The van der Waals surface area contributed by atoms with Gasteiger partial charge < -0.3 is 5.32 Å². The molecule has 1 aromatic heterocycles. The second kappa shape index (κ2) is 5.15. The minimum atomic E-state index is 0.327. The van der Waals surface area contributed by atoms with Crippen LogP contribution in [-0.4, -0.2) is 27.7 Å². The molecule has 1 heterocycles. The highest BCUT2D eigenvalue weighted by atomic mass is 32.2. The lowest BCUT2D eigenvalue weighted by atomic mass is 9.84. The van der Waals surface area contributed by atoms with Gasteiger partial charge in [-0.2, -0.15) is 22.1 Å². The topological polar surface area (TPSA) is 61.6 Å². The molecule has 1 fully saturated rings. The number of aromatic nitrogens is 2. The van der Waals surface area contributed by atoms with Gasteiger partial charge in [0.2, 0.25) is 0 Å². The van der Waals surface area contributed by atoms with Crippen LogP contribution >= 0.6 is 11.8 Å². The quantitative estimate of drug-likeness (QED) is 0.904. The monoisotopic (exact) mass is 262 g/mol. The fraction of sp³-hybridized carbons (Fsp3) is 0.615. The van der Waals surface area contributed by atoms with Gasteiger partial charge in [0.05, 0.1) is 5.69 Å². The average Bonchev–Trinajstić information content (AvgIpc) is 2.33. The van der Waals surface area contributed by atoms with E-state index in [0.29, 0.717) is 16.1 Å². The van der Waals surface area contributed by atoms with Gasteiger partial charge in [0.15, 0.2) is 5.82 Å². The first-order chi connectivity index (χ1) is 8.62. The summed E-state index contributed by atoms with van der Waals surface area (Å²) in [6.07, 6.45) is 5.92. The zero-order valence-electron chi connectivity index (χ0n) is 11.1. The summed E-state index contributed by atoms with van der Waals surface area (Å²) in [4.78, 5) is 0. The highest BCUT2D eigenvalue weighted by Gasteiger charge is 2.36. The second-order valence-electron chi connectivity index (χ2n) is 4.84. The molecule has 18 heavy (non-hydrogen) atoms. The summed E-state index contributed by atoms with van der Waals surface area (Å²) in [5, 5.41) is 20.7. The average molecular weight is 262 g/mol. The number of aryl methyl sites for hydroxylation is 1. The lowest BCUT2D eigenvalue weighted by Crippen LogP contribution is -2.40. The maximum absolute atomic E-state index is 9.22. The van der Waals surface area contributed by atoms with Crippen molar-refractivity contribution in [2.24, 2.45) is 0 Å². The normalized spacial score (nSPS) is 16.8. The second-order valence-corrected chi connectivity index (χ2v) is 6.11. The zero-order chi connectivity index (χ0) is 13.2. The Morgan fingerprint density at radius 2 is 2.11 bits per heavy atom. The Balaban J connectivity index is 2.15. The first-order valence-corrected chi connectivity index (χ1v) is 7.37. The van der Waals surface area contributed by atoms with Crippen LogP contribution < -0.4 is 5.32 Å². The van der Waals surface area contributed by atoms with Gasteiger partial charge in [-0.15, -0.1) is 5.10 Å². The van der Waals surface area contributed by atoms with Gasteiger partial charge in [-0.05, 0) is 38.5 Å². The van der Waals surface area contributed by atoms with Crippen molar-refractivity contribution < 1.29 is 0 Å². The molecule has 0 atom stereocenters. The van der Waals surface area contributed by atoms with Crippen molar-refractivity contribution in [1.29, 1.82) is 5.26 Å². The van der Waals surface area contributed by atoms with Crippen LogP contribution in [0.2, 0.25) is 0 Å². The standard InChI is InChI=1S/C13H18N4S/c1-9-10(2)16-17-12(11(9)7-14)15-8-13(18-3)5-4-6-13/h4-6,8H2,1-3H3,(H,15,17). The molecule has 0 aromatic carbocycles. The van der Waals surface area contributed by atoms with Gasteiger partial charge in [0.25, 0.3) is 0 Å². The smallest absolute Gasteiger partial charge is 0.166 e. The maximum atomic E-state index is 9.22. The summed E-state index contributed by atoms with van der Waals surface area (Å²) in [5.41, 5.74) is 2.36. The Kier molecular flexibility index (Phi) is 3.76. The minimum absolute atomic E-state index is 0.327. The fourth-order valence-electron chi connectivity index (χ4n) is 2.14. The van der Waals surface area contributed by atoms with Gasteiger partial charge in [-0.25, -0.2) is 0 Å². The Labute approximate surface area is 112 Å². The molecule has 1 N–H and O–H groups in total. The number of rotatable bonds is 4. The number of nitrogens with one attached hydrogen (secondary N) is 1. The molecule has 0 amide bonds. The molecule has 4 nitrogen and oxygen atoms in total. The first-order valence-electron chi connectivity index (χ1n) is 6.15. The third-order valence-corrected chi connectivity index (χ3v) is 5.26. The molecular weight excluding hydrogens is 244 g/mol. The summed E-state index contributed by atoms with van der Waals surface area (Å²) >= 11 is 1.91. The lowest BCUT2D eigenvalue weighted by Gasteiger charge is -2.40. The van der Waals surface area contributed by atoms with E-state index in [0.717, 1.165) is 17.8 Å². The largest absolute Gasteiger partial charge is 0.366 e. The molecular formula is C13H18N4S. The van der Waals surface area contributed by atoms with Crippen molar-refractivity contribution >= 4 is 17.6 Å². The van der Waals surface area contributed by atoms with E-state index in [-0.39, 0.29) is 0 Å². The van der Waals surface area contributed by atoms with Gasteiger partial charge in [-0.1, -0.05) is 6.42 Å². The maximum Gasteiger partial charge on any atom is 0.166 e. The number of hydrogen-bond donors (Lipinski definition) is 1. The van der Waals surface area contributed by atoms with Gasteiger partial charge in [-0.3, -0.25) is 0 Å². The molecule has 0 saturated heterocycles. The summed E-state index contributed by atoms with van der Waals surface area (Å²) in [7, 11) is 0. The van der Waals surface area contributed by atoms with E-state index in [1.54, 1.807) is 0 Å². The van der Waals surface area contributed by atoms with Crippen LogP contribution in [0, 0.1) is 25.2 Å². The Bertz CT molecular complexity index is 483. The lowest BCUT2D eigenvalue weighted by molar-refractivity contribution is 0.379. The number of hydrogen-bond acceptors (Lipinski definition) is 5. The predicted molar refractivity (Wildman–Crippen MR) is 74.8 cm³/mol. The molecule has 1 saturated carbocycles. The van der Waals surface area contributed by atoms with Crippen molar-refractivity contribution in [3.63, 3.8) is 0 Å². The molecule has 2 rings (SSSR count). The third kappa shape index (κ3) is 2.30. The molecule has 96 valence electrons. The highest BCUT2D eigenvalue weighted by Crippen LogP contribution is 2.42. The summed E-state index contributed by atoms with van der Waals surface area (Å²) in [6.45, 7) is 4.66. The van der Waals surface area contributed by atoms with Gasteiger partial charge in [0.1, 0.15) is 11.6 Å². The first kappa shape index (κ1) is 13.2. The molecule has 0 aliphatic heterocycles. The summed E-state index contributed by atoms with van der Waals surface area (Å²) < 4.78 is 0.327. The highest BCUT2D eigenvalue weighted by molar-refractivity contribution is 8.00. The number of anilines is 1. The van der Waals surface area contributed by atoms with Crippen LogP contribution in [0.1, 0.15) is 36.1 Å². The van der Waals surface area contributed by atoms with E-state index >= 15 is 0 Å². The molecule has 0 radical (unpaired) electrons. The van der Waals surface area contributed by atoms with E-state index < -0.39 is 0 Å². The predicted octanol–water partition coefficient (Wildman–Crippen LogP) is 2.66. The van der Waals surface area contributed by atoms with Crippen LogP contribution in [0.25, 0.3) is 0 Å². The third-order valence-electron chi connectivity index (χ3n) is 3.84. The van der Waals surface area contributed by atoms with Crippen molar-refractivity contribution in [2.45, 2.75) is 37.9 Å². The van der Waals surface area contributed by atoms with Crippen molar-refractivity contribution in [1.82, 2.24) is 10.2 Å². The van der Waals surface area contributed by atoms with E-state index in [1.165, 1.54) is 19.3 Å². The molecule has 1 aliphatic carbocycles. The Morgan fingerprint density at radius 3 is 2.61 bits per heavy atom. The van der Waals surface area contributed by atoms with Crippen LogP contribution in [-0.2, 0) is 0 Å². The van der Waals surface area contributed by atoms with E-state index in [4.69, 9.17) is 0 Å². The van der Waals surface area contributed by atoms with E-state index in [2.05, 4.69) is 27.8 Å². The number of nitrogens with zero attached hydrogens (tertiary/aromatic N) is 3. The SMILES string of the molecule is CSC1(CNc2nnc(C)c(C)c2C#N)CCC1. The van der Waals surface area contributed by atoms with Crippen molar-refractivity contribution in [3.8, 4) is 6.07 Å². The minimum Gasteiger partial charge on any atom is -0.366 e. The van der Waals surface area contributed by atoms with E-state index in [9.17, 15) is 5.26 Å². The fourth-order valence-corrected chi connectivity index (χ4v) is 3.05. The van der Waals surface area contributed by atoms with Crippen LogP contribution in [0.15, 0.2) is 0 Å². The number of nitriles is 1. The molecule has 1 aromatic rings. The molecule has 5 heteroatoms. The van der Waals surface area contributed by atoms with Gasteiger partial charge >= 0.3 is 0 Å². The number of thioether (sulfide) groups is 1. The van der Waals surface area contributed by atoms with Crippen LogP contribution in [0.3, 0.4) is 0 Å². The van der Waals surface area contributed by atoms with Crippen LogP contribution in [0.4, 0.5) is 5.82 Å². The zero-order valence-corrected chi connectivity index (χ0v) is 11.9. The van der Waals surface area contributed by atoms with Crippen LogP contribution in [0.5, 0.6) is 0 Å². The molecule has 0 spiro atoms. The van der Waals surface area contributed by atoms with Crippen molar-refractivity contribution in [2.75, 3.05) is 18.1 Å². The van der Waals surface area contributed by atoms with E-state index in [1.807, 2.05) is 25.6 Å². The molecule has 0 bridgehead atoms. The molecule has 0 unspecified atom stereocenters. The van der Waals surface area contributed by atoms with Gasteiger partial charge in [0, 0.05) is 11.3 Å². The van der Waals surface area contributed by atoms with Crippen molar-refractivity contribution in [3.05, 3.63) is 16.8 Å². The Hall–Kier alpha value is -1.28. The summed E-state index contributed by atoms with van der Waals surface area (Å²) in [6, 6.07) is 2.22. The molecule has 1 aliphatic rings. The summed E-state index contributed by atoms with van der Waals surface area (Å²) in [5.74, 6) is 0.626.